The molecule has 0 amide bonds. The summed E-state index contributed by atoms with van der Waals surface area (Å²) in [5.41, 5.74) is 1.33. The predicted molar refractivity (Wildman–Crippen MR) is 95.5 cm³/mol. The molecule has 7 heteroatoms. The van der Waals surface area contributed by atoms with Crippen molar-refractivity contribution in [2.75, 3.05) is 0 Å². The fourth-order valence-corrected chi connectivity index (χ4v) is 3.74. The van der Waals surface area contributed by atoms with E-state index in [1.807, 2.05) is 6.07 Å². The molecule has 0 heterocycles. The summed E-state index contributed by atoms with van der Waals surface area (Å²) in [6.45, 7) is 2.22. The van der Waals surface area contributed by atoms with E-state index in [2.05, 4.69) is 16.5 Å². The lowest BCUT2D eigenvalue weighted by molar-refractivity contribution is -0.275. The highest BCUT2D eigenvalue weighted by Crippen LogP contribution is 2.37. The summed E-state index contributed by atoms with van der Waals surface area (Å²) < 4.78 is 55.3. The van der Waals surface area contributed by atoms with Crippen LogP contribution in [0.5, 0.6) is 5.75 Å². The van der Waals surface area contributed by atoms with Gasteiger partial charge in [0.1, 0.15) is 17.7 Å². The Kier molecular flexibility index (Phi) is 6.25. The maximum absolute atomic E-state index is 14.7. The van der Waals surface area contributed by atoms with Crippen molar-refractivity contribution in [2.24, 2.45) is 5.92 Å². The predicted octanol–water partition coefficient (Wildman–Crippen LogP) is 6.60. The van der Waals surface area contributed by atoms with Crippen LogP contribution in [0.2, 0.25) is 0 Å². The van der Waals surface area contributed by atoms with Crippen LogP contribution in [0.4, 0.5) is 17.6 Å². The minimum atomic E-state index is -4.80. The minimum absolute atomic E-state index is 0.111. The molecule has 28 heavy (non-hydrogen) atoms. The fraction of sp³-hybridized carbons (Fsp3) is 0.429. The normalized spacial score (nSPS) is 21.4. The van der Waals surface area contributed by atoms with Gasteiger partial charge in [-0.05, 0) is 54.0 Å². The summed E-state index contributed by atoms with van der Waals surface area (Å²) in [7, 11) is 0. The Labute approximate surface area is 160 Å². The van der Waals surface area contributed by atoms with Crippen LogP contribution >= 0.6 is 0 Å². The Morgan fingerprint density at radius 3 is 2.18 bits per heavy atom. The number of rotatable bonds is 5. The monoisotopic (exact) mass is 398 g/mol. The Balaban J connectivity index is 1.78. The largest absolute Gasteiger partial charge is 0.573 e. The summed E-state index contributed by atoms with van der Waals surface area (Å²) in [5.74, 6) is 0.0740. The first-order valence-corrected chi connectivity index (χ1v) is 9.22. The van der Waals surface area contributed by atoms with Gasteiger partial charge < -0.3 is 4.74 Å². The van der Waals surface area contributed by atoms with E-state index in [4.69, 9.17) is 0 Å². The first-order chi connectivity index (χ1) is 13.3. The molecule has 152 valence electrons. The number of alkyl halides is 3. The average Bonchev–Trinajstić information content (AvgIpc) is 2.64. The van der Waals surface area contributed by atoms with Crippen LogP contribution in [-0.4, -0.2) is 11.6 Å². The molecule has 2 aromatic rings. The van der Waals surface area contributed by atoms with Crippen molar-refractivity contribution in [2.45, 2.75) is 51.0 Å². The second-order valence-electron chi connectivity index (χ2n) is 7.34. The lowest BCUT2D eigenvalue weighted by Crippen LogP contribution is -2.17. The van der Waals surface area contributed by atoms with Gasteiger partial charge >= 0.3 is 6.36 Å². The molecule has 1 N–H and O–H groups in total. The van der Waals surface area contributed by atoms with Crippen molar-refractivity contribution < 1.29 is 32.4 Å². The van der Waals surface area contributed by atoms with Gasteiger partial charge in [0.05, 0.1) is 0 Å². The summed E-state index contributed by atoms with van der Waals surface area (Å²) in [6, 6.07) is 9.60. The van der Waals surface area contributed by atoms with E-state index in [-0.39, 0.29) is 5.56 Å². The topological polar surface area (TPSA) is 38.7 Å². The zero-order valence-electron chi connectivity index (χ0n) is 15.4. The zero-order chi connectivity index (χ0) is 20.3. The molecule has 1 unspecified atom stereocenters. The lowest BCUT2D eigenvalue weighted by Gasteiger charge is -2.27. The van der Waals surface area contributed by atoms with E-state index in [1.54, 1.807) is 6.07 Å². The van der Waals surface area contributed by atoms with Gasteiger partial charge in [0, 0.05) is 5.56 Å². The van der Waals surface area contributed by atoms with Crippen LogP contribution in [0.15, 0.2) is 42.5 Å². The Hall–Kier alpha value is -2.12. The highest BCUT2D eigenvalue weighted by atomic mass is 19.4. The molecule has 0 bridgehead atoms. The third-order valence-corrected chi connectivity index (χ3v) is 5.32. The molecular formula is C21H22F4O3. The second-order valence-corrected chi connectivity index (χ2v) is 7.34. The fourth-order valence-electron chi connectivity index (χ4n) is 3.74. The number of halogens is 4. The first kappa shape index (κ1) is 20.6. The maximum Gasteiger partial charge on any atom is 0.573 e. The number of hydrogen-bond donors (Lipinski definition) is 1. The van der Waals surface area contributed by atoms with Gasteiger partial charge in [0.25, 0.3) is 0 Å². The molecule has 2 aromatic carbocycles. The molecule has 1 saturated carbocycles. The molecule has 1 aliphatic carbocycles. The van der Waals surface area contributed by atoms with Gasteiger partial charge in [-0.1, -0.05) is 44.0 Å². The molecule has 1 atom stereocenters. The molecule has 3 rings (SSSR count). The number of ether oxygens (including phenoxy) is 1. The van der Waals surface area contributed by atoms with Gasteiger partial charge in [-0.15, -0.1) is 13.2 Å². The smallest absolute Gasteiger partial charge is 0.406 e. The molecule has 0 spiro atoms. The van der Waals surface area contributed by atoms with E-state index in [0.29, 0.717) is 17.4 Å². The SMILES string of the molecule is CC1CCC(c2ccc(C(OO)c3ccc(OC(F)(F)F)cc3)c(F)c2)CC1. The summed E-state index contributed by atoms with van der Waals surface area (Å²) >= 11 is 0. The van der Waals surface area contributed by atoms with Gasteiger partial charge in [0.15, 0.2) is 0 Å². The number of hydrogen-bond acceptors (Lipinski definition) is 3. The van der Waals surface area contributed by atoms with Crippen LogP contribution in [0.3, 0.4) is 0 Å². The molecule has 1 aliphatic rings. The summed E-state index contributed by atoms with van der Waals surface area (Å²) in [5, 5.41) is 9.28. The highest BCUT2D eigenvalue weighted by Gasteiger charge is 2.31. The minimum Gasteiger partial charge on any atom is -0.406 e. The number of benzene rings is 2. The van der Waals surface area contributed by atoms with Crippen LogP contribution in [-0.2, 0) is 4.89 Å². The van der Waals surface area contributed by atoms with Crippen molar-refractivity contribution in [3.8, 4) is 5.75 Å². The molecule has 3 nitrogen and oxygen atoms in total. The first-order valence-electron chi connectivity index (χ1n) is 9.22. The van der Waals surface area contributed by atoms with E-state index in [1.165, 1.54) is 18.2 Å². The summed E-state index contributed by atoms with van der Waals surface area (Å²) in [6.07, 6.45) is -1.69. The van der Waals surface area contributed by atoms with Gasteiger partial charge in [-0.25, -0.2) is 9.28 Å². The molecule has 0 aromatic heterocycles. The molecule has 0 saturated heterocycles. The lowest BCUT2D eigenvalue weighted by atomic mass is 9.79. The maximum atomic E-state index is 14.7. The third-order valence-electron chi connectivity index (χ3n) is 5.32. The van der Waals surface area contributed by atoms with Gasteiger partial charge in [-0.2, -0.15) is 0 Å². The Bertz CT molecular complexity index is 781. The molecule has 0 aliphatic heterocycles. The van der Waals surface area contributed by atoms with E-state index < -0.39 is 24.0 Å². The van der Waals surface area contributed by atoms with Crippen molar-refractivity contribution in [3.63, 3.8) is 0 Å². The van der Waals surface area contributed by atoms with Crippen LogP contribution in [0, 0.1) is 11.7 Å². The van der Waals surface area contributed by atoms with Crippen molar-refractivity contribution >= 4 is 0 Å². The average molecular weight is 398 g/mol. The van der Waals surface area contributed by atoms with Crippen LogP contribution in [0.1, 0.15) is 61.3 Å². The van der Waals surface area contributed by atoms with E-state index in [0.717, 1.165) is 43.4 Å². The Morgan fingerprint density at radius 1 is 1.00 bits per heavy atom. The Morgan fingerprint density at radius 2 is 1.64 bits per heavy atom. The molecule has 0 radical (unpaired) electrons. The summed E-state index contributed by atoms with van der Waals surface area (Å²) in [4.78, 5) is 4.44. The third kappa shape index (κ3) is 5.02. The van der Waals surface area contributed by atoms with Gasteiger partial charge in [0.2, 0.25) is 0 Å². The van der Waals surface area contributed by atoms with Crippen molar-refractivity contribution in [1.29, 1.82) is 0 Å². The van der Waals surface area contributed by atoms with E-state index >= 15 is 0 Å². The van der Waals surface area contributed by atoms with E-state index in [9.17, 15) is 22.8 Å². The van der Waals surface area contributed by atoms with Crippen LogP contribution in [0.25, 0.3) is 0 Å². The molecule has 1 fully saturated rings. The van der Waals surface area contributed by atoms with Crippen molar-refractivity contribution in [1.82, 2.24) is 0 Å². The van der Waals surface area contributed by atoms with Crippen LogP contribution < -0.4 is 4.74 Å². The highest BCUT2D eigenvalue weighted by molar-refractivity contribution is 5.37. The second kappa shape index (κ2) is 8.49. The quantitative estimate of drug-likeness (QED) is 0.350. The van der Waals surface area contributed by atoms with Gasteiger partial charge in [-0.3, -0.25) is 5.26 Å². The zero-order valence-corrected chi connectivity index (χ0v) is 15.4. The van der Waals surface area contributed by atoms with Crippen molar-refractivity contribution in [3.05, 3.63) is 65.0 Å². The molecular weight excluding hydrogens is 376 g/mol. The standard InChI is InChI=1S/C21H22F4O3/c1-13-2-4-14(5-3-13)16-8-11-18(19(22)12-16)20(28-26)15-6-9-17(10-7-15)27-21(23,24)25/h6-14,20,26H,2-5H2,1H3.